The standard InChI is InChI=1S/C12H10ClNOS/c13-9-4-8(5-10(14)6-9)12(15)7-11-2-1-3-16-11/h1-6H,7,14H2. The first-order valence-electron chi connectivity index (χ1n) is 4.77. The Balaban J connectivity index is 2.21. The Morgan fingerprint density at radius 1 is 1.38 bits per heavy atom. The Morgan fingerprint density at radius 2 is 2.19 bits per heavy atom. The number of carbonyl (C=O) groups excluding carboxylic acids is 1. The van der Waals surface area contributed by atoms with Crippen molar-refractivity contribution in [2.45, 2.75) is 6.42 Å². The highest BCUT2D eigenvalue weighted by Crippen LogP contribution is 2.19. The number of halogens is 1. The van der Waals surface area contributed by atoms with Crippen LogP contribution >= 0.6 is 22.9 Å². The first-order chi connectivity index (χ1) is 7.65. The molecule has 0 spiro atoms. The molecule has 82 valence electrons. The second-order valence-electron chi connectivity index (χ2n) is 3.45. The highest BCUT2D eigenvalue weighted by molar-refractivity contribution is 7.10. The van der Waals surface area contributed by atoms with E-state index in [4.69, 9.17) is 17.3 Å². The van der Waals surface area contributed by atoms with Crippen LogP contribution in [0.15, 0.2) is 35.7 Å². The number of nitrogens with two attached hydrogens (primary N) is 1. The van der Waals surface area contributed by atoms with E-state index in [2.05, 4.69) is 0 Å². The molecule has 2 N–H and O–H groups in total. The molecule has 0 aliphatic rings. The normalized spacial score (nSPS) is 10.3. The second-order valence-corrected chi connectivity index (χ2v) is 4.92. The highest BCUT2D eigenvalue weighted by atomic mass is 35.5. The zero-order valence-electron chi connectivity index (χ0n) is 8.44. The number of carbonyl (C=O) groups is 1. The van der Waals surface area contributed by atoms with Crippen molar-refractivity contribution in [3.05, 3.63) is 51.2 Å². The number of anilines is 1. The minimum atomic E-state index is 0.0386. The number of thiophene rings is 1. The van der Waals surface area contributed by atoms with Crippen LogP contribution in [-0.4, -0.2) is 5.78 Å². The summed E-state index contributed by atoms with van der Waals surface area (Å²) >= 11 is 7.42. The van der Waals surface area contributed by atoms with E-state index in [0.717, 1.165) is 4.88 Å². The van der Waals surface area contributed by atoms with Gasteiger partial charge < -0.3 is 5.73 Å². The quantitative estimate of drug-likeness (QED) is 0.671. The van der Waals surface area contributed by atoms with E-state index < -0.39 is 0 Å². The summed E-state index contributed by atoms with van der Waals surface area (Å²) < 4.78 is 0. The fourth-order valence-corrected chi connectivity index (χ4v) is 2.39. The van der Waals surface area contributed by atoms with Gasteiger partial charge in [-0.15, -0.1) is 11.3 Å². The van der Waals surface area contributed by atoms with Crippen LogP contribution in [0.4, 0.5) is 5.69 Å². The molecule has 0 fully saturated rings. The molecule has 0 aliphatic carbocycles. The molecule has 0 aliphatic heterocycles. The predicted octanol–water partition coefficient (Wildman–Crippen LogP) is 3.41. The largest absolute Gasteiger partial charge is 0.399 e. The molecule has 0 saturated carbocycles. The van der Waals surface area contributed by atoms with Crippen molar-refractivity contribution in [1.82, 2.24) is 0 Å². The van der Waals surface area contributed by atoms with Crippen molar-refractivity contribution in [3.63, 3.8) is 0 Å². The summed E-state index contributed by atoms with van der Waals surface area (Å²) in [5.41, 5.74) is 6.72. The average molecular weight is 252 g/mol. The zero-order valence-corrected chi connectivity index (χ0v) is 10.0. The molecule has 16 heavy (non-hydrogen) atoms. The molecule has 0 amide bonds. The fraction of sp³-hybridized carbons (Fsp3) is 0.0833. The van der Waals surface area contributed by atoms with E-state index >= 15 is 0 Å². The van der Waals surface area contributed by atoms with E-state index in [0.29, 0.717) is 22.7 Å². The molecule has 2 aromatic rings. The van der Waals surface area contributed by atoms with E-state index in [1.165, 1.54) is 0 Å². The van der Waals surface area contributed by atoms with Gasteiger partial charge in [-0.3, -0.25) is 4.79 Å². The van der Waals surface area contributed by atoms with Crippen molar-refractivity contribution >= 4 is 34.4 Å². The summed E-state index contributed by atoms with van der Waals surface area (Å²) in [7, 11) is 0. The van der Waals surface area contributed by atoms with Gasteiger partial charge in [0.05, 0.1) is 0 Å². The number of ketones is 1. The number of rotatable bonds is 3. The third-order valence-electron chi connectivity index (χ3n) is 2.16. The molecule has 2 rings (SSSR count). The first-order valence-corrected chi connectivity index (χ1v) is 6.02. The van der Waals surface area contributed by atoms with Gasteiger partial charge in [-0.25, -0.2) is 0 Å². The van der Waals surface area contributed by atoms with Gasteiger partial charge in [0.15, 0.2) is 5.78 Å². The summed E-state index contributed by atoms with van der Waals surface area (Å²) in [5.74, 6) is 0.0386. The molecule has 4 heteroatoms. The van der Waals surface area contributed by atoms with Crippen molar-refractivity contribution in [1.29, 1.82) is 0 Å². The smallest absolute Gasteiger partial charge is 0.168 e. The number of nitrogen functional groups attached to an aromatic ring is 1. The van der Waals surface area contributed by atoms with E-state index in [1.54, 1.807) is 29.5 Å². The summed E-state index contributed by atoms with van der Waals surface area (Å²) in [5, 5.41) is 2.45. The molecule has 0 bridgehead atoms. The van der Waals surface area contributed by atoms with Crippen LogP contribution in [0, 0.1) is 0 Å². The zero-order chi connectivity index (χ0) is 11.5. The Morgan fingerprint density at radius 3 is 2.81 bits per heavy atom. The third-order valence-corrected chi connectivity index (χ3v) is 3.25. The van der Waals surface area contributed by atoms with Crippen LogP contribution in [-0.2, 0) is 6.42 Å². The van der Waals surface area contributed by atoms with Crippen LogP contribution in [0.25, 0.3) is 0 Å². The van der Waals surface area contributed by atoms with Gasteiger partial charge >= 0.3 is 0 Å². The molecular formula is C12H10ClNOS. The number of Topliss-reactive ketones (excluding diaryl/α,β-unsaturated/α-hetero) is 1. The van der Waals surface area contributed by atoms with Gasteiger partial charge in [0.1, 0.15) is 0 Å². The summed E-state index contributed by atoms with van der Waals surface area (Å²) in [6.45, 7) is 0. The van der Waals surface area contributed by atoms with Crippen LogP contribution in [0.3, 0.4) is 0 Å². The minimum Gasteiger partial charge on any atom is -0.399 e. The second kappa shape index (κ2) is 4.68. The lowest BCUT2D eigenvalue weighted by Gasteiger charge is -2.02. The van der Waals surface area contributed by atoms with Crippen molar-refractivity contribution in [2.75, 3.05) is 5.73 Å². The molecular weight excluding hydrogens is 242 g/mol. The maximum atomic E-state index is 11.9. The number of hydrogen-bond acceptors (Lipinski definition) is 3. The Kier molecular flexibility index (Phi) is 3.27. The molecule has 0 saturated heterocycles. The number of benzene rings is 1. The lowest BCUT2D eigenvalue weighted by Crippen LogP contribution is -2.03. The molecule has 0 radical (unpaired) electrons. The van der Waals surface area contributed by atoms with Crippen molar-refractivity contribution in [2.24, 2.45) is 0 Å². The molecule has 2 nitrogen and oxygen atoms in total. The van der Waals surface area contributed by atoms with Crippen molar-refractivity contribution < 1.29 is 4.79 Å². The van der Waals surface area contributed by atoms with Gasteiger partial charge in [0, 0.05) is 27.6 Å². The predicted molar refractivity (Wildman–Crippen MR) is 68.2 cm³/mol. The molecule has 0 atom stereocenters. The summed E-state index contributed by atoms with van der Waals surface area (Å²) in [6.07, 6.45) is 0.400. The number of hydrogen-bond donors (Lipinski definition) is 1. The van der Waals surface area contributed by atoms with Gasteiger partial charge in [-0.05, 0) is 29.6 Å². The molecule has 1 aromatic heterocycles. The highest BCUT2D eigenvalue weighted by Gasteiger charge is 2.09. The van der Waals surface area contributed by atoms with Gasteiger partial charge in [0.25, 0.3) is 0 Å². The minimum absolute atomic E-state index is 0.0386. The van der Waals surface area contributed by atoms with E-state index in [-0.39, 0.29) is 5.78 Å². The summed E-state index contributed by atoms with van der Waals surface area (Å²) in [4.78, 5) is 13.0. The van der Waals surface area contributed by atoms with Gasteiger partial charge in [0.2, 0.25) is 0 Å². The first kappa shape index (κ1) is 11.2. The van der Waals surface area contributed by atoms with Crippen LogP contribution in [0.1, 0.15) is 15.2 Å². The maximum absolute atomic E-state index is 11.9. The lowest BCUT2D eigenvalue weighted by molar-refractivity contribution is 0.0994. The Labute approximate surface area is 103 Å². The Bertz CT molecular complexity index is 487. The van der Waals surface area contributed by atoms with Crippen LogP contribution in [0.2, 0.25) is 5.02 Å². The SMILES string of the molecule is Nc1cc(Cl)cc(C(=O)Cc2cccs2)c1. The molecule has 1 aromatic carbocycles. The van der Waals surface area contributed by atoms with Crippen LogP contribution in [0.5, 0.6) is 0 Å². The lowest BCUT2D eigenvalue weighted by atomic mass is 10.1. The monoisotopic (exact) mass is 251 g/mol. The van der Waals surface area contributed by atoms with Crippen LogP contribution < -0.4 is 5.73 Å². The maximum Gasteiger partial charge on any atom is 0.168 e. The van der Waals surface area contributed by atoms with Crippen molar-refractivity contribution in [3.8, 4) is 0 Å². The summed E-state index contributed by atoms with van der Waals surface area (Å²) in [6, 6.07) is 8.80. The van der Waals surface area contributed by atoms with E-state index in [1.807, 2.05) is 17.5 Å². The van der Waals surface area contributed by atoms with Gasteiger partial charge in [-0.2, -0.15) is 0 Å². The van der Waals surface area contributed by atoms with E-state index in [9.17, 15) is 4.79 Å². The molecule has 0 unspecified atom stereocenters. The van der Waals surface area contributed by atoms with Gasteiger partial charge in [-0.1, -0.05) is 17.7 Å². The Hall–Kier alpha value is -1.32. The topological polar surface area (TPSA) is 43.1 Å². The fourth-order valence-electron chi connectivity index (χ4n) is 1.45. The molecule has 1 heterocycles. The third kappa shape index (κ3) is 2.62. The average Bonchev–Trinajstić information content (AvgIpc) is 2.68.